The first-order valence-corrected chi connectivity index (χ1v) is 7.29. The Labute approximate surface area is 123 Å². The molecular formula is C16H18IN. The summed E-state index contributed by atoms with van der Waals surface area (Å²) in [5.74, 6) is 0. The van der Waals surface area contributed by atoms with E-state index in [9.17, 15) is 0 Å². The van der Waals surface area contributed by atoms with Crippen molar-refractivity contribution >= 4 is 22.6 Å². The van der Waals surface area contributed by atoms with Crippen molar-refractivity contribution in [2.45, 2.75) is 13.0 Å². The predicted octanol–water partition coefficient (Wildman–Crippen LogP) is 3.97. The molecule has 0 radical (unpaired) electrons. The van der Waals surface area contributed by atoms with Gasteiger partial charge in [-0.25, -0.2) is 0 Å². The van der Waals surface area contributed by atoms with Crippen LogP contribution in [0.25, 0.3) is 0 Å². The van der Waals surface area contributed by atoms with Crippen molar-refractivity contribution in [3.05, 3.63) is 69.3 Å². The molecule has 2 aromatic rings. The normalized spacial score (nSPS) is 10.8. The molecule has 0 saturated carbocycles. The van der Waals surface area contributed by atoms with E-state index in [2.05, 4.69) is 89.1 Å². The molecule has 0 N–H and O–H groups in total. The minimum Gasteiger partial charge on any atom is -0.302 e. The topological polar surface area (TPSA) is 3.24 Å². The van der Waals surface area contributed by atoms with Gasteiger partial charge in [-0.05, 0) is 59.3 Å². The molecule has 0 aliphatic carbocycles. The Kier molecular flexibility index (Phi) is 5.20. The quantitative estimate of drug-likeness (QED) is 0.737. The fourth-order valence-electron chi connectivity index (χ4n) is 1.95. The van der Waals surface area contributed by atoms with Gasteiger partial charge >= 0.3 is 0 Å². The molecule has 0 unspecified atom stereocenters. The van der Waals surface area contributed by atoms with Gasteiger partial charge in [-0.15, -0.1) is 0 Å². The van der Waals surface area contributed by atoms with Crippen molar-refractivity contribution in [2.75, 3.05) is 13.6 Å². The van der Waals surface area contributed by atoms with Gasteiger partial charge in [-0.2, -0.15) is 0 Å². The van der Waals surface area contributed by atoms with Gasteiger partial charge in [-0.1, -0.05) is 42.5 Å². The Hall–Kier alpha value is -0.870. The zero-order chi connectivity index (χ0) is 12.8. The monoisotopic (exact) mass is 351 g/mol. The number of rotatable bonds is 5. The van der Waals surface area contributed by atoms with Crippen LogP contribution in [-0.2, 0) is 13.0 Å². The van der Waals surface area contributed by atoms with E-state index in [1.54, 1.807) is 0 Å². The average molecular weight is 351 g/mol. The van der Waals surface area contributed by atoms with E-state index in [-0.39, 0.29) is 0 Å². The van der Waals surface area contributed by atoms with E-state index in [4.69, 9.17) is 0 Å². The summed E-state index contributed by atoms with van der Waals surface area (Å²) < 4.78 is 1.29. The lowest BCUT2D eigenvalue weighted by molar-refractivity contribution is 0.331. The van der Waals surface area contributed by atoms with Crippen LogP contribution in [-0.4, -0.2) is 18.5 Å². The van der Waals surface area contributed by atoms with Gasteiger partial charge in [0.25, 0.3) is 0 Å². The second-order valence-electron chi connectivity index (χ2n) is 4.60. The van der Waals surface area contributed by atoms with Crippen LogP contribution in [0.1, 0.15) is 11.1 Å². The molecule has 94 valence electrons. The van der Waals surface area contributed by atoms with E-state index in [1.165, 1.54) is 14.7 Å². The van der Waals surface area contributed by atoms with E-state index < -0.39 is 0 Å². The van der Waals surface area contributed by atoms with E-state index in [0.717, 1.165) is 19.5 Å². The molecule has 0 saturated heterocycles. The Morgan fingerprint density at radius 3 is 2.22 bits per heavy atom. The number of hydrogen-bond acceptors (Lipinski definition) is 1. The minimum absolute atomic E-state index is 1.02. The van der Waals surface area contributed by atoms with Crippen molar-refractivity contribution in [1.29, 1.82) is 0 Å². The summed E-state index contributed by atoms with van der Waals surface area (Å²) in [7, 11) is 2.18. The standard InChI is InChI=1S/C16H18IN/c1-18(12-11-14-5-3-2-4-6-14)13-15-7-9-16(17)10-8-15/h2-10H,11-13H2,1H3. The molecule has 0 amide bonds. The zero-order valence-corrected chi connectivity index (χ0v) is 12.8. The van der Waals surface area contributed by atoms with Gasteiger partial charge < -0.3 is 4.90 Å². The Morgan fingerprint density at radius 2 is 1.56 bits per heavy atom. The van der Waals surface area contributed by atoms with E-state index >= 15 is 0 Å². The molecule has 18 heavy (non-hydrogen) atoms. The van der Waals surface area contributed by atoms with Crippen molar-refractivity contribution < 1.29 is 0 Å². The molecule has 0 fully saturated rings. The van der Waals surface area contributed by atoms with Crippen molar-refractivity contribution in [3.8, 4) is 0 Å². The molecule has 0 aliphatic heterocycles. The molecule has 0 spiro atoms. The Morgan fingerprint density at radius 1 is 0.889 bits per heavy atom. The lowest BCUT2D eigenvalue weighted by Gasteiger charge is -2.16. The highest BCUT2D eigenvalue weighted by atomic mass is 127. The zero-order valence-electron chi connectivity index (χ0n) is 10.6. The first-order valence-electron chi connectivity index (χ1n) is 6.21. The van der Waals surface area contributed by atoms with Crippen LogP contribution in [0.3, 0.4) is 0 Å². The third-order valence-electron chi connectivity index (χ3n) is 2.99. The first-order chi connectivity index (χ1) is 8.74. The maximum Gasteiger partial charge on any atom is 0.0230 e. The van der Waals surface area contributed by atoms with Gasteiger partial charge in [0.05, 0.1) is 0 Å². The largest absolute Gasteiger partial charge is 0.302 e. The van der Waals surface area contributed by atoms with Crippen LogP contribution in [0.15, 0.2) is 54.6 Å². The highest BCUT2D eigenvalue weighted by Crippen LogP contribution is 2.09. The maximum absolute atomic E-state index is 2.37. The van der Waals surface area contributed by atoms with Crippen molar-refractivity contribution in [2.24, 2.45) is 0 Å². The maximum atomic E-state index is 2.37. The second-order valence-corrected chi connectivity index (χ2v) is 5.85. The summed E-state index contributed by atoms with van der Waals surface area (Å²) in [6, 6.07) is 19.4. The number of benzene rings is 2. The van der Waals surface area contributed by atoms with Crippen LogP contribution in [0, 0.1) is 3.57 Å². The fraction of sp³-hybridized carbons (Fsp3) is 0.250. The van der Waals surface area contributed by atoms with Gasteiger partial charge in [0.15, 0.2) is 0 Å². The van der Waals surface area contributed by atoms with Crippen LogP contribution in [0.2, 0.25) is 0 Å². The molecule has 0 atom stereocenters. The molecular weight excluding hydrogens is 333 g/mol. The third kappa shape index (κ3) is 4.42. The average Bonchev–Trinajstić information content (AvgIpc) is 2.40. The molecule has 0 heterocycles. The van der Waals surface area contributed by atoms with Crippen LogP contribution < -0.4 is 0 Å². The molecule has 2 heteroatoms. The van der Waals surface area contributed by atoms with Gasteiger partial charge in [0, 0.05) is 16.7 Å². The summed E-state index contributed by atoms with van der Waals surface area (Å²) in [4.78, 5) is 2.37. The molecule has 0 bridgehead atoms. The highest BCUT2D eigenvalue weighted by molar-refractivity contribution is 14.1. The van der Waals surface area contributed by atoms with Crippen LogP contribution >= 0.6 is 22.6 Å². The van der Waals surface area contributed by atoms with E-state index in [0.29, 0.717) is 0 Å². The van der Waals surface area contributed by atoms with Crippen LogP contribution in [0.5, 0.6) is 0 Å². The van der Waals surface area contributed by atoms with Gasteiger partial charge in [-0.3, -0.25) is 0 Å². The second kappa shape index (κ2) is 6.90. The van der Waals surface area contributed by atoms with Crippen molar-refractivity contribution in [1.82, 2.24) is 4.90 Å². The molecule has 2 aromatic carbocycles. The lowest BCUT2D eigenvalue weighted by Crippen LogP contribution is -2.20. The minimum atomic E-state index is 1.02. The Bertz CT molecular complexity index is 464. The summed E-state index contributed by atoms with van der Waals surface area (Å²) in [5.41, 5.74) is 2.79. The molecule has 2 rings (SSSR count). The number of nitrogens with zero attached hydrogens (tertiary/aromatic N) is 1. The first kappa shape index (κ1) is 13.6. The summed E-state index contributed by atoms with van der Waals surface area (Å²) >= 11 is 2.34. The third-order valence-corrected chi connectivity index (χ3v) is 3.71. The molecule has 0 aliphatic rings. The molecule has 1 nitrogen and oxygen atoms in total. The van der Waals surface area contributed by atoms with Crippen molar-refractivity contribution in [3.63, 3.8) is 0 Å². The number of halogens is 1. The lowest BCUT2D eigenvalue weighted by atomic mass is 10.1. The SMILES string of the molecule is CN(CCc1ccccc1)Cc1ccc(I)cc1. The summed E-state index contributed by atoms with van der Waals surface area (Å²) in [6.07, 6.45) is 1.11. The van der Waals surface area contributed by atoms with Gasteiger partial charge in [0.1, 0.15) is 0 Å². The highest BCUT2D eigenvalue weighted by Gasteiger charge is 2.01. The number of hydrogen-bond donors (Lipinski definition) is 0. The molecule has 0 aromatic heterocycles. The Balaban J connectivity index is 1.82. The fourth-order valence-corrected chi connectivity index (χ4v) is 2.30. The number of likely N-dealkylation sites (N-methyl/N-ethyl adjacent to an activating group) is 1. The summed E-state index contributed by atoms with van der Waals surface area (Å²) in [5, 5.41) is 0. The van der Waals surface area contributed by atoms with Crippen LogP contribution in [0.4, 0.5) is 0 Å². The summed E-state index contributed by atoms with van der Waals surface area (Å²) in [6.45, 7) is 2.11. The van der Waals surface area contributed by atoms with Gasteiger partial charge in [0.2, 0.25) is 0 Å². The smallest absolute Gasteiger partial charge is 0.0230 e. The predicted molar refractivity (Wildman–Crippen MR) is 85.6 cm³/mol. The van der Waals surface area contributed by atoms with E-state index in [1.807, 2.05) is 0 Å².